The molecule has 0 aliphatic heterocycles. The van der Waals surface area contributed by atoms with Gasteiger partial charge in [0.1, 0.15) is 0 Å². The van der Waals surface area contributed by atoms with E-state index in [4.69, 9.17) is 10.8 Å². The van der Waals surface area contributed by atoms with Gasteiger partial charge < -0.3 is 10.8 Å². The van der Waals surface area contributed by atoms with Crippen molar-refractivity contribution < 1.29 is 14.7 Å². The number of nitrogens with two attached hydrogens (primary N) is 1. The molecule has 1 aromatic rings. The third-order valence-corrected chi connectivity index (χ3v) is 2.94. The van der Waals surface area contributed by atoms with Crippen LogP contribution in [0.1, 0.15) is 17.3 Å². The summed E-state index contributed by atoms with van der Waals surface area (Å²) in [6, 6.07) is 6.32. The first-order chi connectivity index (χ1) is 7.00. The zero-order chi connectivity index (χ0) is 11.4. The van der Waals surface area contributed by atoms with Crippen molar-refractivity contribution >= 4 is 23.6 Å². The molecular weight excluding hydrogens is 214 g/mol. The van der Waals surface area contributed by atoms with Gasteiger partial charge >= 0.3 is 5.97 Å². The molecule has 1 aromatic carbocycles. The minimum Gasteiger partial charge on any atom is -0.478 e. The SMILES string of the molecule is CC(Sc1ccc(C(=O)O)cc1)C(N)=O. The average molecular weight is 225 g/mol. The number of carbonyl (C=O) groups excluding carboxylic acids is 1. The van der Waals surface area contributed by atoms with Crippen LogP contribution in [0, 0.1) is 0 Å². The Morgan fingerprint density at radius 2 is 1.87 bits per heavy atom. The molecule has 0 aliphatic carbocycles. The number of hydrogen-bond donors (Lipinski definition) is 2. The van der Waals surface area contributed by atoms with Crippen LogP contribution in [-0.2, 0) is 4.79 Å². The third-order valence-electron chi connectivity index (χ3n) is 1.81. The van der Waals surface area contributed by atoms with Gasteiger partial charge in [-0.2, -0.15) is 0 Å². The molecule has 3 N–H and O–H groups in total. The molecule has 1 atom stereocenters. The minimum atomic E-state index is -0.963. The molecule has 0 aromatic heterocycles. The highest BCUT2D eigenvalue weighted by Gasteiger charge is 2.10. The van der Waals surface area contributed by atoms with Gasteiger partial charge in [-0.05, 0) is 31.2 Å². The van der Waals surface area contributed by atoms with Gasteiger partial charge in [-0.1, -0.05) is 0 Å². The minimum absolute atomic E-state index is 0.228. The zero-order valence-electron chi connectivity index (χ0n) is 8.14. The summed E-state index contributed by atoms with van der Waals surface area (Å²) < 4.78 is 0. The first kappa shape index (κ1) is 11.6. The molecule has 1 unspecified atom stereocenters. The van der Waals surface area contributed by atoms with E-state index in [1.165, 1.54) is 23.9 Å². The first-order valence-electron chi connectivity index (χ1n) is 4.30. The summed E-state index contributed by atoms with van der Waals surface area (Å²) in [5.41, 5.74) is 5.34. The molecule has 0 spiro atoms. The fourth-order valence-electron chi connectivity index (χ4n) is 0.938. The van der Waals surface area contributed by atoms with Crippen LogP contribution in [0.25, 0.3) is 0 Å². The van der Waals surface area contributed by atoms with E-state index in [1.807, 2.05) is 0 Å². The molecule has 80 valence electrons. The molecule has 5 heteroatoms. The Labute approximate surface area is 91.5 Å². The molecule has 0 radical (unpaired) electrons. The fraction of sp³-hybridized carbons (Fsp3) is 0.200. The number of thioether (sulfide) groups is 1. The Kier molecular flexibility index (Phi) is 3.74. The van der Waals surface area contributed by atoms with Crippen molar-refractivity contribution in [2.75, 3.05) is 0 Å². The van der Waals surface area contributed by atoms with Crippen LogP contribution in [-0.4, -0.2) is 22.2 Å². The molecule has 0 fully saturated rings. The number of carbonyl (C=O) groups is 2. The Morgan fingerprint density at radius 1 is 1.33 bits per heavy atom. The smallest absolute Gasteiger partial charge is 0.335 e. The van der Waals surface area contributed by atoms with E-state index in [-0.39, 0.29) is 16.7 Å². The third kappa shape index (κ3) is 3.28. The fourth-order valence-corrected chi connectivity index (χ4v) is 1.76. The number of aromatic carboxylic acids is 1. The highest BCUT2D eigenvalue weighted by atomic mass is 32.2. The molecule has 1 rings (SSSR count). The first-order valence-corrected chi connectivity index (χ1v) is 5.18. The highest BCUT2D eigenvalue weighted by Crippen LogP contribution is 2.23. The van der Waals surface area contributed by atoms with Crippen molar-refractivity contribution in [3.63, 3.8) is 0 Å². The van der Waals surface area contributed by atoms with Gasteiger partial charge in [0.05, 0.1) is 10.8 Å². The van der Waals surface area contributed by atoms with E-state index in [9.17, 15) is 9.59 Å². The van der Waals surface area contributed by atoms with Gasteiger partial charge in [0.15, 0.2) is 0 Å². The predicted octanol–water partition coefficient (Wildman–Crippen LogP) is 1.35. The Balaban J connectivity index is 2.72. The van der Waals surface area contributed by atoms with Gasteiger partial charge in [0.25, 0.3) is 0 Å². The maximum atomic E-state index is 10.8. The van der Waals surface area contributed by atoms with Crippen molar-refractivity contribution in [3.05, 3.63) is 29.8 Å². The summed E-state index contributed by atoms with van der Waals surface area (Å²) in [5, 5.41) is 8.35. The van der Waals surface area contributed by atoms with E-state index in [1.54, 1.807) is 19.1 Å². The standard InChI is InChI=1S/C10H11NO3S/c1-6(9(11)12)15-8-4-2-7(3-5-8)10(13)14/h2-6H,1H3,(H2,11,12)(H,13,14). The van der Waals surface area contributed by atoms with Crippen LogP contribution in [0.5, 0.6) is 0 Å². The topological polar surface area (TPSA) is 80.4 Å². The molecule has 1 amide bonds. The van der Waals surface area contributed by atoms with Gasteiger partial charge in [0, 0.05) is 4.90 Å². The number of carboxylic acid groups (broad SMARTS) is 1. The van der Waals surface area contributed by atoms with Crippen LogP contribution < -0.4 is 5.73 Å². The molecule has 0 saturated carbocycles. The van der Waals surface area contributed by atoms with Crippen LogP contribution in [0.15, 0.2) is 29.2 Å². The maximum absolute atomic E-state index is 10.8. The molecule has 0 aliphatic rings. The van der Waals surface area contributed by atoms with Crippen molar-refractivity contribution in [3.8, 4) is 0 Å². The monoisotopic (exact) mass is 225 g/mol. The van der Waals surface area contributed by atoms with E-state index < -0.39 is 5.97 Å². The molecule has 15 heavy (non-hydrogen) atoms. The van der Waals surface area contributed by atoms with E-state index in [2.05, 4.69) is 0 Å². The normalized spacial score (nSPS) is 12.1. The molecule has 4 nitrogen and oxygen atoms in total. The lowest BCUT2D eigenvalue weighted by Crippen LogP contribution is -2.22. The number of rotatable bonds is 4. The lowest BCUT2D eigenvalue weighted by molar-refractivity contribution is -0.117. The number of primary amides is 1. The van der Waals surface area contributed by atoms with Crippen molar-refractivity contribution in [2.24, 2.45) is 5.73 Å². The summed E-state index contributed by atoms with van der Waals surface area (Å²) in [6.07, 6.45) is 0. The van der Waals surface area contributed by atoms with Gasteiger partial charge in [-0.15, -0.1) is 11.8 Å². The summed E-state index contributed by atoms with van der Waals surface area (Å²) in [4.78, 5) is 22.2. The Bertz CT molecular complexity index is 375. The number of carboxylic acids is 1. The lowest BCUT2D eigenvalue weighted by Gasteiger charge is -2.06. The molecule has 0 heterocycles. The van der Waals surface area contributed by atoms with E-state index in [0.29, 0.717) is 0 Å². The quantitative estimate of drug-likeness (QED) is 0.758. The van der Waals surface area contributed by atoms with Crippen molar-refractivity contribution in [1.82, 2.24) is 0 Å². The van der Waals surface area contributed by atoms with Crippen molar-refractivity contribution in [2.45, 2.75) is 17.1 Å². The van der Waals surface area contributed by atoms with Crippen LogP contribution >= 0.6 is 11.8 Å². The molecule has 0 bridgehead atoms. The van der Waals surface area contributed by atoms with Gasteiger partial charge in [-0.3, -0.25) is 4.79 Å². The van der Waals surface area contributed by atoms with Crippen LogP contribution in [0.3, 0.4) is 0 Å². The van der Waals surface area contributed by atoms with Crippen LogP contribution in [0.4, 0.5) is 0 Å². The largest absolute Gasteiger partial charge is 0.478 e. The zero-order valence-corrected chi connectivity index (χ0v) is 8.95. The van der Waals surface area contributed by atoms with E-state index >= 15 is 0 Å². The predicted molar refractivity (Wildman–Crippen MR) is 57.9 cm³/mol. The second-order valence-corrected chi connectivity index (χ2v) is 4.41. The van der Waals surface area contributed by atoms with Gasteiger partial charge in [0.2, 0.25) is 5.91 Å². The molecular formula is C10H11NO3S. The second-order valence-electron chi connectivity index (χ2n) is 2.99. The van der Waals surface area contributed by atoms with E-state index in [0.717, 1.165) is 4.90 Å². The number of hydrogen-bond acceptors (Lipinski definition) is 3. The summed E-state index contributed by atoms with van der Waals surface area (Å²) in [5.74, 6) is -1.35. The van der Waals surface area contributed by atoms with Crippen LogP contribution in [0.2, 0.25) is 0 Å². The Morgan fingerprint density at radius 3 is 2.27 bits per heavy atom. The maximum Gasteiger partial charge on any atom is 0.335 e. The summed E-state index contributed by atoms with van der Waals surface area (Å²) in [7, 11) is 0. The average Bonchev–Trinajstić information content (AvgIpc) is 2.18. The van der Waals surface area contributed by atoms with Gasteiger partial charge in [-0.25, -0.2) is 4.79 Å². The second kappa shape index (κ2) is 4.84. The summed E-state index contributed by atoms with van der Waals surface area (Å²) >= 11 is 1.30. The Hall–Kier alpha value is -1.49. The highest BCUT2D eigenvalue weighted by molar-refractivity contribution is 8.00. The van der Waals surface area contributed by atoms with Crippen molar-refractivity contribution in [1.29, 1.82) is 0 Å². The number of amides is 1. The summed E-state index contributed by atoms with van der Waals surface area (Å²) in [6.45, 7) is 1.71. The number of benzene rings is 1. The lowest BCUT2D eigenvalue weighted by atomic mass is 10.2. The molecule has 0 saturated heterocycles.